The average Bonchev–Trinajstić information content (AvgIpc) is 2.46. The molecule has 1 unspecified atom stereocenters. The number of aromatic nitrogens is 1. The van der Waals surface area contributed by atoms with Gasteiger partial charge in [-0.05, 0) is 18.1 Å². The van der Waals surface area contributed by atoms with Gasteiger partial charge in [-0.15, -0.1) is 0 Å². The highest BCUT2D eigenvalue weighted by Crippen LogP contribution is 2.20. The molecular formula is C16H18N2O3. The third-order valence-corrected chi connectivity index (χ3v) is 3.27. The molecule has 0 spiro atoms. The Bertz CT molecular complexity index is 692. The van der Waals surface area contributed by atoms with Crippen molar-refractivity contribution < 1.29 is 9.53 Å². The van der Waals surface area contributed by atoms with Crippen LogP contribution in [0.2, 0.25) is 0 Å². The number of ether oxygens (including phenoxy) is 1. The number of hydrogen-bond acceptors (Lipinski definition) is 3. The lowest BCUT2D eigenvalue weighted by atomic mass is 10.1. The zero-order chi connectivity index (χ0) is 15.4. The summed E-state index contributed by atoms with van der Waals surface area (Å²) in [7, 11) is 3.13. The van der Waals surface area contributed by atoms with E-state index in [4.69, 9.17) is 4.74 Å². The third kappa shape index (κ3) is 3.38. The van der Waals surface area contributed by atoms with Crippen LogP contribution in [-0.2, 0) is 16.6 Å². The van der Waals surface area contributed by atoms with Gasteiger partial charge in [-0.2, -0.15) is 0 Å². The van der Waals surface area contributed by atoms with Crippen LogP contribution in [0.4, 0.5) is 5.69 Å². The standard InChI is InChI=1S/C16H18N2O3/c1-11-9-14(19)18(2)10-13(11)17-16(20)15(21-3)12-7-5-4-6-8-12/h4-10,15H,1-3H3,(H,17,20). The number of nitrogens with zero attached hydrogens (tertiary/aromatic N) is 1. The summed E-state index contributed by atoms with van der Waals surface area (Å²) in [4.78, 5) is 23.9. The lowest BCUT2D eigenvalue weighted by Crippen LogP contribution is -2.25. The molecule has 0 bridgehead atoms. The first-order valence-corrected chi connectivity index (χ1v) is 6.59. The Morgan fingerprint density at radius 3 is 2.57 bits per heavy atom. The van der Waals surface area contributed by atoms with Crippen molar-refractivity contribution >= 4 is 11.6 Å². The van der Waals surface area contributed by atoms with Crippen LogP contribution in [0.3, 0.4) is 0 Å². The van der Waals surface area contributed by atoms with Gasteiger partial charge in [-0.25, -0.2) is 0 Å². The van der Waals surface area contributed by atoms with Gasteiger partial charge >= 0.3 is 0 Å². The Balaban J connectivity index is 2.25. The third-order valence-electron chi connectivity index (χ3n) is 3.27. The largest absolute Gasteiger partial charge is 0.367 e. The predicted molar refractivity (Wildman–Crippen MR) is 81.2 cm³/mol. The number of benzene rings is 1. The lowest BCUT2D eigenvalue weighted by molar-refractivity contribution is -0.126. The normalized spacial score (nSPS) is 12.0. The Kier molecular flexibility index (Phi) is 4.55. The summed E-state index contributed by atoms with van der Waals surface area (Å²) < 4.78 is 6.71. The fourth-order valence-corrected chi connectivity index (χ4v) is 2.08. The summed E-state index contributed by atoms with van der Waals surface area (Å²) >= 11 is 0. The number of nitrogens with one attached hydrogen (secondary N) is 1. The number of carbonyl (C=O) groups excluding carboxylic acids is 1. The van der Waals surface area contributed by atoms with Gasteiger partial charge in [0.2, 0.25) is 0 Å². The van der Waals surface area contributed by atoms with Gasteiger partial charge in [0.1, 0.15) is 0 Å². The smallest absolute Gasteiger partial charge is 0.258 e. The minimum Gasteiger partial charge on any atom is -0.367 e. The second-order valence-corrected chi connectivity index (χ2v) is 4.83. The maximum atomic E-state index is 12.4. The summed E-state index contributed by atoms with van der Waals surface area (Å²) in [5.74, 6) is -0.273. The number of hydrogen-bond donors (Lipinski definition) is 1. The molecule has 0 saturated carbocycles. The molecule has 1 aromatic carbocycles. The maximum absolute atomic E-state index is 12.4. The van der Waals surface area contributed by atoms with E-state index >= 15 is 0 Å². The lowest BCUT2D eigenvalue weighted by Gasteiger charge is -2.17. The molecule has 2 aromatic rings. The van der Waals surface area contributed by atoms with E-state index in [1.807, 2.05) is 30.3 Å². The van der Waals surface area contributed by atoms with Gasteiger partial charge in [-0.3, -0.25) is 9.59 Å². The molecule has 110 valence electrons. The van der Waals surface area contributed by atoms with Gasteiger partial charge in [-0.1, -0.05) is 30.3 Å². The fourth-order valence-electron chi connectivity index (χ4n) is 2.08. The molecule has 0 aliphatic heterocycles. The number of aryl methyl sites for hydroxylation is 2. The van der Waals surface area contributed by atoms with Crippen molar-refractivity contribution in [3.05, 3.63) is 64.1 Å². The topological polar surface area (TPSA) is 60.3 Å². The highest BCUT2D eigenvalue weighted by molar-refractivity contribution is 5.95. The fraction of sp³-hybridized carbons (Fsp3) is 0.250. The van der Waals surface area contributed by atoms with Crippen LogP contribution in [0.1, 0.15) is 17.2 Å². The van der Waals surface area contributed by atoms with E-state index in [1.54, 1.807) is 20.2 Å². The number of anilines is 1. The van der Waals surface area contributed by atoms with Crippen LogP contribution in [0.5, 0.6) is 0 Å². The highest BCUT2D eigenvalue weighted by Gasteiger charge is 2.20. The summed E-state index contributed by atoms with van der Waals surface area (Å²) in [5, 5.41) is 2.80. The monoisotopic (exact) mass is 286 g/mol. The average molecular weight is 286 g/mol. The quantitative estimate of drug-likeness (QED) is 0.935. The molecule has 0 radical (unpaired) electrons. The molecule has 5 heteroatoms. The summed E-state index contributed by atoms with van der Waals surface area (Å²) in [6.07, 6.45) is 0.913. The van der Waals surface area contributed by atoms with E-state index in [1.165, 1.54) is 17.7 Å². The molecule has 0 aliphatic carbocycles. The van der Waals surface area contributed by atoms with Crippen molar-refractivity contribution in [2.45, 2.75) is 13.0 Å². The van der Waals surface area contributed by atoms with E-state index in [2.05, 4.69) is 5.32 Å². The van der Waals surface area contributed by atoms with Crippen molar-refractivity contribution in [2.24, 2.45) is 7.05 Å². The van der Waals surface area contributed by atoms with Crippen molar-refractivity contribution in [3.8, 4) is 0 Å². The first kappa shape index (κ1) is 15.0. The van der Waals surface area contributed by atoms with Crippen LogP contribution in [-0.4, -0.2) is 17.6 Å². The predicted octanol–water partition coefficient (Wildman–Crippen LogP) is 2.02. The number of pyridine rings is 1. The Morgan fingerprint density at radius 2 is 1.95 bits per heavy atom. The van der Waals surface area contributed by atoms with E-state index in [0.717, 1.165) is 11.1 Å². The number of rotatable bonds is 4. The van der Waals surface area contributed by atoms with Crippen molar-refractivity contribution in [1.82, 2.24) is 4.57 Å². The van der Waals surface area contributed by atoms with E-state index in [0.29, 0.717) is 5.69 Å². The second-order valence-electron chi connectivity index (χ2n) is 4.83. The second kappa shape index (κ2) is 6.37. The molecule has 0 saturated heterocycles. The molecule has 1 aromatic heterocycles. The first-order valence-electron chi connectivity index (χ1n) is 6.59. The number of methoxy groups -OCH3 is 1. The van der Waals surface area contributed by atoms with Gasteiger partial charge in [0, 0.05) is 26.4 Å². The number of carbonyl (C=O) groups is 1. The molecule has 1 N–H and O–H groups in total. The molecule has 1 heterocycles. The molecule has 0 fully saturated rings. The van der Waals surface area contributed by atoms with E-state index in [9.17, 15) is 9.59 Å². The van der Waals surface area contributed by atoms with Gasteiger partial charge in [0.25, 0.3) is 11.5 Å². The first-order chi connectivity index (χ1) is 10.0. The van der Waals surface area contributed by atoms with Gasteiger partial charge < -0.3 is 14.6 Å². The Morgan fingerprint density at radius 1 is 1.29 bits per heavy atom. The molecule has 0 aliphatic rings. The molecule has 2 rings (SSSR count). The minimum absolute atomic E-state index is 0.114. The zero-order valence-electron chi connectivity index (χ0n) is 12.3. The van der Waals surface area contributed by atoms with Crippen LogP contribution in [0.15, 0.2) is 47.4 Å². The summed E-state index contributed by atoms with van der Waals surface area (Å²) in [6, 6.07) is 10.7. The van der Waals surface area contributed by atoms with Crippen molar-refractivity contribution in [1.29, 1.82) is 0 Å². The maximum Gasteiger partial charge on any atom is 0.258 e. The van der Waals surface area contributed by atoms with Crippen molar-refractivity contribution in [3.63, 3.8) is 0 Å². The molecular weight excluding hydrogens is 268 g/mol. The molecule has 21 heavy (non-hydrogen) atoms. The summed E-state index contributed by atoms with van der Waals surface area (Å²) in [5.41, 5.74) is 1.98. The van der Waals surface area contributed by atoms with Crippen LogP contribution in [0.25, 0.3) is 0 Å². The van der Waals surface area contributed by atoms with Gasteiger partial charge in [0.05, 0.1) is 5.69 Å². The zero-order valence-corrected chi connectivity index (χ0v) is 12.3. The van der Waals surface area contributed by atoms with Gasteiger partial charge in [0.15, 0.2) is 6.10 Å². The minimum atomic E-state index is -0.692. The Labute approximate surface area is 123 Å². The van der Waals surface area contributed by atoms with E-state index in [-0.39, 0.29) is 11.5 Å². The molecule has 5 nitrogen and oxygen atoms in total. The van der Waals surface area contributed by atoms with Crippen molar-refractivity contribution in [2.75, 3.05) is 12.4 Å². The summed E-state index contributed by atoms with van der Waals surface area (Å²) in [6.45, 7) is 1.78. The SMILES string of the molecule is COC(C(=O)Nc1cn(C)c(=O)cc1C)c1ccccc1. The molecule has 1 atom stereocenters. The van der Waals surface area contributed by atoms with Crippen LogP contribution in [0, 0.1) is 6.92 Å². The van der Waals surface area contributed by atoms with E-state index < -0.39 is 6.10 Å². The van der Waals surface area contributed by atoms with Crippen LogP contribution >= 0.6 is 0 Å². The highest BCUT2D eigenvalue weighted by atomic mass is 16.5. The Hall–Kier alpha value is -2.40. The van der Waals surface area contributed by atoms with Crippen LogP contribution < -0.4 is 10.9 Å². The number of amides is 1. The molecule has 1 amide bonds.